The molecule has 0 saturated heterocycles. The molecule has 1 saturated carbocycles. The lowest BCUT2D eigenvalue weighted by atomic mass is 9.88. The molecule has 1 aliphatic carbocycles. The van der Waals surface area contributed by atoms with Crippen LogP contribution in [0.5, 0.6) is 0 Å². The first-order valence-corrected chi connectivity index (χ1v) is 8.34. The first-order chi connectivity index (χ1) is 8.25. The van der Waals surface area contributed by atoms with Gasteiger partial charge < -0.3 is 5.73 Å². The fourth-order valence-electron chi connectivity index (χ4n) is 2.51. The molecule has 100 valence electrons. The molecule has 3 nitrogen and oxygen atoms in total. The van der Waals surface area contributed by atoms with Crippen molar-refractivity contribution in [3.05, 3.63) is 28.7 Å². The van der Waals surface area contributed by atoms with Crippen LogP contribution in [-0.2, 0) is 9.84 Å². The Kier molecular flexibility index (Phi) is 3.60. The van der Waals surface area contributed by atoms with Crippen LogP contribution in [0.1, 0.15) is 26.7 Å². The third-order valence-electron chi connectivity index (χ3n) is 3.92. The predicted molar refractivity (Wildman–Crippen MR) is 76.1 cm³/mol. The third kappa shape index (κ3) is 2.36. The van der Waals surface area contributed by atoms with Gasteiger partial charge in [0.2, 0.25) is 0 Å². The Hall–Kier alpha value is -0.390. The lowest BCUT2D eigenvalue weighted by Gasteiger charge is -2.26. The molecular weight excluding hydrogens is 314 g/mol. The minimum absolute atomic E-state index is 0.104. The first kappa shape index (κ1) is 14.0. The Bertz CT molecular complexity index is 537. The predicted octanol–water partition coefficient (Wildman–Crippen LogP) is 2.74. The second kappa shape index (κ2) is 4.62. The van der Waals surface area contributed by atoms with E-state index in [4.69, 9.17) is 5.73 Å². The maximum absolute atomic E-state index is 12.5. The number of hydrogen-bond acceptors (Lipinski definition) is 3. The van der Waals surface area contributed by atoms with Gasteiger partial charge in [-0.2, -0.15) is 0 Å². The zero-order chi connectivity index (χ0) is 13.6. The first-order valence-electron chi connectivity index (χ1n) is 6.00. The SMILES string of the molecule is CC1(C)CCC(S(=O)(=O)c2ccc(Br)cc2)C1N. The maximum atomic E-state index is 12.5. The maximum Gasteiger partial charge on any atom is 0.182 e. The van der Waals surface area contributed by atoms with Gasteiger partial charge in [-0.3, -0.25) is 0 Å². The number of benzene rings is 1. The Morgan fingerprint density at radius 3 is 2.28 bits per heavy atom. The summed E-state index contributed by atoms with van der Waals surface area (Å²) in [6.07, 6.45) is 1.50. The summed E-state index contributed by atoms with van der Waals surface area (Å²) in [5.74, 6) is 0. The molecule has 0 radical (unpaired) electrons. The molecule has 1 aromatic carbocycles. The monoisotopic (exact) mass is 331 g/mol. The van der Waals surface area contributed by atoms with E-state index in [1.807, 2.05) is 13.8 Å². The van der Waals surface area contributed by atoms with E-state index in [1.165, 1.54) is 0 Å². The van der Waals surface area contributed by atoms with E-state index in [0.717, 1.165) is 10.9 Å². The summed E-state index contributed by atoms with van der Waals surface area (Å²) >= 11 is 3.31. The number of sulfone groups is 1. The van der Waals surface area contributed by atoms with Crippen molar-refractivity contribution in [1.82, 2.24) is 0 Å². The van der Waals surface area contributed by atoms with Crippen molar-refractivity contribution in [2.45, 2.75) is 42.9 Å². The van der Waals surface area contributed by atoms with Gasteiger partial charge in [-0.15, -0.1) is 0 Å². The van der Waals surface area contributed by atoms with Gasteiger partial charge in [0.05, 0.1) is 10.1 Å². The summed E-state index contributed by atoms with van der Waals surface area (Å²) < 4.78 is 26.0. The normalized spacial score (nSPS) is 27.3. The molecule has 0 aliphatic heterocycles. The van der Waals surface area contributed by atoms with Gasteiger partial charge in [0.25, 0.3) is 0 Å². The van der Waals surface area contributed by atoms with Crippen LogP contribution in [0, 0.1) is 5.41 Å². The highest BCUT2D eigenvalue weighted by atomic mass is 79.9. The molecule has 0 aromatic heterocycles. The molecule has 2 rings (SSSR count). The summed E-state index contributed by atoms with van der Waals surface area (Å²) in [6, 6.07) is 6.47. The van der Waals surface area contributed by atoms with Crippen LogP contribution in [0.15, 0.2) is 33.6 Å². The van der Waals surface area contributed by atoms with Crippen LogP contribution in [-0.4, -0.2) is 19.7 Å². The Morgan fingerprint density at radius 2 is 1.83 bits per heavy atom. The molecule has 1 aromatic rings. The molecule has 0 bridgehead atoms. The number of rotatable bonds is 2. The highest BCUT2D eigenvalue weighted by molar-refractivity contribution is 9.10. The highest BCUT2D eigenvalue weighted by Crippen LogP contribution is 2.41. The molecule has 0 amide bonds. The molecule has 18 heavy (non-hydrogen) atoms. The van der Waals surface area contributed by atoms with Crippen LogP contribution in [0.4, 0.5) is 0 Å². The average Bonchev–Trinajstić information content (AvgIpc) is 2.55. The number of halogens is 1. The van der Waals surface area contributed by atoms with Crippen LogP contribution in [0.2, 0.25) is 0 Å². The summed E-state index contributed by atoms with van der Waals surface area (Å²) in [7, 11) is -3.32. The smallest absolute Gasteiger partial charge is 0.182 e. The fraction of sp³-hybridized carbons (Fsp3) is 0.538. The summed E-state index contributed by atoms with van der Waals surface area (Å²) in [4.78, 5) is 0.365. The largest absolute Gasteiger partial charge is 0.326 e. The van der Waals surface area contributed by atoms with E-state index in [1.54, 1.807) is 24.3 Å². The number of nitrogens with two attached hydrogens (primary N) is 1. The zero-order valence-corrected chi connectivity index (χ0v) is 13.0. The van der Waals surface area contributed by atoms with Crippen molar-refractivity contribution in [3.8, 4) is 0 Å². The Labute approximate surface area is 117 Å². The molecule has 1 aliphatic rings. The lowest BCUT2D eigenvalue weighted by molar-refractivity contribution is 0.332. The summed E-state index contributed by atoms with van der Waals surface area (Å²) in [5, 5.41) is -0.464. The van der Waals surface area contributed by atoms with Crippen LogP contribution in [0.3, 0.4) is 0 Å². The van der Waals surface area contributed by atoms with Gasteiger partial charge in [-0.1, -0.05) is 29.8 Å². The van der Waals surface area contributed by atoms with E-state index in [9.17, 15) is 8.42 Å². The zero-order valence-electron chi connectivity index (χ0n) is 10.6. The van der Waals surface area contributed by atoms with Crippen molar-refractivity contribution in [2.75, 3.05) is 0 Å². The van der Waals surface area contributed by atoms with Gasteiger partial charge in [-0.25, -0.2) is 8.42 Å². The van der Waals surface area contributed by atoms with Crippen molar-refractivity contribution >= 4 is 25.8 Å². The average molecular weight is 332 g/mol. The van der Waals surface area contributed by atoms with Gasteiger partial charge in [0.15, 0.2) is 9.84 Å². The topological polar surface area (TPSA) is 60.2 Å². The molecule has 0 heterocycles. The van der Waals surface area contributed by atoms with E-state index in [2.05, 4.69) is 15.9 Å². The van der Waals surface area contributed by atoms with E-state index < -0.39 is 15.1 Å². The van der Waals surface area contributed by atoms with E-state index in [0.29, 0.717) is 11.3 Å². The van der Waals surface area contributed by atoms with Crippen molar-refractivity contribution in [2.24, 2.45) is 11.1 Å². The van der Waals surface area contributed by atoms with Crippen LogP contribution >= 0.6 is 15.9 Å². The van der Waals surface area contributed by atoms with Gasteiger partial charge in [0.1, 0.15) is 0 Å². The highest BCUT2D eigenvalue weighted by Gasteiger charge is 2.46. The molecule has 2 atom stereocenters. The van der Waals surface area contributed by atoms with E-state index >= 15 is 0 Å². The van der Waals surface area contributed by atoms with Gasteiger partial charge in [-0.05, 0) is 42.5 Å². The Balaban J connectivity index is 2.36. The van der Waals surface area contributed by atoms with Crippen molar-refractivity contribution in [1.29, 1.82) is 0 Å². The standard InChI is InChI=1S/C13H18BrNO2S/c1-13(2)8-7-11(12(13)15)18(16,17)10-5-3-9(14)4-6-10/h3-6,11-12H,7-8,15H2,1-2H3. The van der Waals surface area contributed by atoms with Gasteiger partial charge in [0, 0.05) is 10.5 Å². The second-order valence-electron chi connectivity index (χ2n) is 5.59. The summed E-state index contributed by atoms with van der Waals surface area (Å²) in [5.41, 5.74) is 6.02. The molecule has 1 fully saturated rings. The second-order valence-corrected chi connectivity index (χ2v) is 8.67. The molecule has 2 N–H and O–H groups in total. The fourth-order valence-corrected chi connectivity index (χ4v) is 4.82. The molecule has 0 spiro atoms. The van der Waals surface area contributed by atoms with Crippen molar-refractivity contribution in [3.63, 3.8) is 0 Å². The quantitative estimate of drug-likeness (QED) is 0.906. The van der Waals surface area contributed by atoms with E-state index in [-0.39, 0.29) is 11.5 Å². The molecule has 5 heteroatoms. The van der Waals surface area contributed by atoms with Crippen molar-refractivity contribution < 1.29 is 8.42 Å². The minimum Gasteiger partial charge on any atom is -0.326 e. The molecule has 2 unspecified atom stereocenters. The number of hydrogen-bond donors (Lipinski definition) is 1. The van der Waals surface area contributed by atoms with Gasteiger partial charge >= 0.3 is 0 Å². The lowest BCUT2D eigenvalue weighted by Crippen LogP contribution is -2.43. The molecular formula is C13H18BrNO2S. The third-order valence-corrected chi connectivity index (χ3v) is 6.70. The van der Waals surface area contributed by atoms with Crippen LogP contribution < -0.4 is 5.73 Å². The summed E-state index contributed by atoms with van der Waals surface area (Å²) in [6.45, 7) is 4.07. The minimum atomic E-state index is -3.32. The van der Waals surface area contributed by atoms with Crippen LogP contribution in [0.25, 0.3) is 0 Å². The Morgan fingerprint density at radius 1 is 1.28 bits per heavy atom.